The van der Waals surface area contributed by atoms with Crippen LogP contribution in [-0.2, 0) is 17.8 Å². The summed E-state index contributed by atoms with van der Waals surface area (Å²) in [5.74, 6) is 1.00. The minimum Gasteiger partial charge on any atom is -0.497 e. The highest BCUT2D eigenvalue weighted by molar-refractivity contribution is 5.82. The van der Waals surface area contributed by atoms with Gasteiger partial charge in [0.15, 0.2) is 6.61 Å². The van der Waals surface area contributed by atoms with E-state index in [2.05, 4.69) is 12.2 Å². The Hall–Kier alpha value is -3.28. The zero-order valence-corrected chi connectivity index (χ0v) is 16.0. The number of amides is 1. The topological polar surface area (TPSA) is 77.8 Å². The smallest absolute Gasteiger partial charge is 0.336 e. The van der Waals surface area contributed by atoms with Crippen molar-refractivity contribution < 1.29 is 18.7 Å². The quantitative estimate of drug-likeness (QED) is 0.605. The molecule has 0 fully saturated rings. The van der Waals surface area contributed by atoms with Gasteiger partial charge in [-0.05, 0) is 41.8 Å². The van der Waals surface area contributed by atoms with E-state index in [1.165, 1.54) is 6.07 Å². The molecule has 146 valence electrons. The Morgan fingerprint density at radius 1 is 1.07 bits per heavy atom. The molecular weight excluding hydrogens is 358 g/mol. The summed E-state index contributed by atoms with van der Waals surface area (Å²) >= 11 is 0. The fourth-order valence-corrected chi connectivity index (χ4v) is 2.92. The number of nitrogens with one attached hydrogen (secondary N) is 1. The van der Waals surface area contributed by atoms with Gasteiger partial charge in [-0.15, -0.1) is 0 Å². The molecule has 0 radical (unpaired) electrons. The van der Waals surface area contributed by atoms with Gasteiger partial charge in [0.25, 0.3) is 5.91 Å². The predicted molar refractivity (Wildman–Crippen MR) is 107 cm³/mol. The second-order valence-corrected chi connectivity index (χ2v) is 6.41. The normalized spacial score (nSPS) is 10.6. The highest BCUT2D eigenvalue weighted by Crippen LogP contribution is 2.23. The van der Waals surface area contributed by atoms with Gasteiger partial charge in [0.1, 0.15) is 17.1 Å². The van der Waals surface area contributed by atoms with Gasteiger partial charge in [0, 0.05) is 24.1 Å². The number of hydrogen-bond donors (Lipinski definition) is 1. The summed E-state index contributed by atoms with van der Waals surface area (Å²) in [4.78, 5) is 23.8. The average molecular weight is 381 g/mol. The van der Waals surface area contributed by atoms with Crippen molar-refractivity contribution in [2.75, 3.05) is 13.7 Å². The van der Waals surface area contributed by atoms with Gasteiger partial charge in [-0.1, -0.05) is 25.5 Å². The Morgan fingerprint density at radius 3 is 2.54 bits per heavy atom. The van der Waals surface area contributed by atoms with E-state index in [1.54, 1.807) is 19.2 Å². The van der Waals surface area contributed by atoms with Crippen molar-refractivity contribution in [3.05, 3.63) is 70.1 Å². The van der Waals surface area contributed by atoms with Crippen LogP contribution in [0.1, 0.15) is 24.5 Å². The molecule has 2 aromatic carbocycles. The molecule has 0 bridgehead atoms. The molecule has 0 aliphatic rings. The van der Waals surface area contributed by atoms with Gasteiger partial charge < -0.3 is 19.2 Å². The molecule has 0 aliphatic carbocycles. The largest absolute Gasteiger partial charge is 0.497 e. The summed E-state index contributed by atoms with van der Waals surface area (Å²) in [6.45, 7) is 2.34. The van der Waals surface area contributed by atoms with Gasteiger partial charge in [-0.3, -0.25) is 4.79 Å². The van der Waals surface area contributed by atoms with Crippen molar-refractivity contribution in [1.82, 2.24) is 5.32 Å². The third-order valence-electron chi connectivity index (χ3n) is 4.34. The van der Waals surface area contributed by atoms with Crippen LogP contribution in [-0.4, -0.2) is 19.6 Å². The molecule has 0 spiro atoms. The van der Waals surface area contributed by atoms with Crippen LogP contribution in [0.2, 0.25) is 0 Å². The van der Waals surface area contributed by atoms with E-state index in [1.807, 2.05) is 30.3 Å². The van der Waals surface area contributed by atoms with E-state index in [-0.39, 0.29) is 18.1 Å². The van der Waals surface area contributed by atoms with Crippen LogP contribution in [0.25, 0.3) is 11.0 Å². The number of carbonyl (C=O) groups is 1. The van der Waals surface area contributed by atoms with E-state index in [0.29, 0.717) is 17.9 Å². The molecule has 3 rings (SSSR count). The van der Waals surface area contributed by atoms with Crippen LogP contribution in [0.4, 0.5) is 0 Å². The van der Waals surface area contributed by atoms with Crippen molar-refractivity contribution in [2.24, 2.45) is 0 Å². The lowest BCUT2D eigenvalue weighted by Gasteiger charge is -2.09. The average Bonchev–Trinajstić information content (AvgIpc) is 2.71. The van der Waals surface area contributed by atoms with Crippen LogP contribution >= 0.6 is 0 Å². The number of rotatable bonds is 8. The van der Waals surface area contributed by atoms with Crippen LogP contribution in [0.15, 0.2) is 57.7 Å². The highest BCUT2D eigenvalue weighted by atomic mass is 16.5. The number of fused-ring (bicyclic) bond motifs is 1. The fourth-order valence-electron chi connectivity index (χ4n) is 2.92. The molecule has 1 amide bonds. The Labute approximate surface area is 163 Å². The lowest BCUT2D eigenvalue weighted by atomic mass is 10.1. The molecule has 6 nitrogen and oxygen atoms in total. The summed E-state index contributed by atoms with van der Waals surface area (Å²) in [5, 5.41) is 3.69. The maximum absolute atomic E-state index is 12.0. The lowest BCUT2D eigenvalue weighted by molar-refractivity contribution is -0.123. The molecule has 1 N–H and O–H groups in total. The Morgan fingerprint density at radius 2 is 1.82 bits per heavy atom. The first-order valence-electron chi connectivity index (χ1n) is 9.18. The van der Waals surface area contributed by atoms with Crippen LogP contribution < -0.4 is 20.4 Å². The van der Waals surface area contributed by atoms with E-state index in [9.17, 15) is 9.59 Å². The minimum atomic E-state index is -0.384. The summed E-state index contributed by atoms with van der Waals surface area (Å²) in [7, 11) is 1.61. The Kier molecular flexibility index (Phi) is 6.32. The second kappa shape index (κ2) is 9.08. The molecule has 28 heavy (non-hydrogen) atoms. The highest BCUT2D eigenvalue weighted by Gasteiger charge is 2.08. The number of carbonyl (C=O) groups excluding carboxylic acids is 1. The maximum Gasteiger partial charge on any atom is 0.336 e. The predicted octanol–water partition coefficient (Wildman–Crippen LogP) is 3.45. The first-order valence-corrected chi connectivity index (χ1v) is 9.18. The molecule has 0 unspecified atom stereocenters. The zero-order chi connectivity index (χ0) is 19.9. The molecule has 0 saturated carbocycles. The van der Waals surface area contributed by atoms with Crippen molar-refractivity contribution in [3.63, 3.8) is 0 Å². The minimum absolute atomic E-state index is 0.124. The standard InChI is InChI=1S/C22H23NO5/c1-3-4-16-11-22(25)28-20-12-18(9-10-19(16)20)27-14-21(24)23-13-15-5-7-17(26-2)8-6-15/h5-12H,3-4,13-14H2,1-2H3,(H,23,24). The number of ether oxygens (including phenoxy) is 2. The zero-order valence-electron chi connectivity index (χ0n) is 16.0. The lowest BCUT2D eigenvalue weighted by Crippen LogP contribution is -2.28. The molecule has 0 atom stereocenters. The van der Waals surface area contributed by atoms with Crippen LogP contribution in [0, 0.1) is 0 Å². The van der Waals surface area contributed by atoms with Crippen molar-refractivity contribution in [3.8, 4) is 11.5 Å². The second-order valence-electron chi connectivity index (χ2n) is 6.41. The molecule has 6 heteroatoms. The van der Waals surface area contributed by atoms with Gasteiger partial charge in [-0.2, -0.15) is 0 Å². The summed E-state index contributed by atoms with van der Waals surface area (Å²) < 4.78 is 15.9. The number of benzene rings is 2. The Bertz CT molecular complexity index is 1010. The third kappa shape index (κ3) is 4.91. The molecule has 0 saturated heterocycles. The molecule has 3 aromatic rings. The van der Waals surface area contributed by atoms with Gasteiger partial charge >= 0.3 is 5.63 Å². The molecule has 0 aliphatic heterocycles. The van der Waals surface area contributed by atoms with E-state index < -0.39 is 0 Å². The van der Waals surface area contributed by atoms with Gasteiger partial charge in [0.2, 0.25) is 0 Å². The van der Waals surface area contributed by atoms with Gasteiger partial charge in [-0.25, -0.2) is 4.79 Å². The first-order chi connectivity index (χ1) is 13.6. The third-order valence-corrected chi connectivity index (χ3v) is 4.34. The summed E-state index contributed by atoms with van der Waals surface area (Å²) in [6, 6.07) is 14.3. The maximum atomic E-state index is 12.0. The van der Waals surface area contributed by atoms with Gasteiger partial charge in [0.05, 0.1) is 7.11 Å². The van der Waals surface area contributed by atoms with Crippen molar-refractivity contribution >= 4 is 16.9 Å². The van der Waals surface area contributed by atoms with Crippen LogP contribution in [0.5, 0.6) is 11.5 Å². The van der Waals surface area contributed by atoms with Crippen molar-refractivity contribution in [1.29, 1.82) is 0 Å². The molecular formula is C22H23NO5. The summed E-state index contributed by atoms with van der Waals surface area (Å²) in [5.41, 5.74) is 2.00. The molecule has 1 aromatic heterocycles. The first kappa shape index (κ1) is 19.5. The van der Waals surface area contributed by atoms with E-state index >= 15 is 0 Å². The Balaban J connectivity index is 1.59. The number of aryl methyl sites for hydroxylation is 1. The summed E-state index contributed by atoms with van der Waals surface area (Å²) in [6.07, 6.45) is 1.74. The van der Waals surface area contributed by atoms with E-state index in [4.69, 9.17) is 13.9 Å². The monoisotopic (exact) mass is 381 g/mol. The number of hydrogen-bond acceptors (Lipinski definition) is 5. The number of methoxy groups -OCH3 is 1. The van der Waals surface area contributed by atoms with Crippen molar-refractivity contribution in [2.45, 2.75) is 26.3 Å². The van der Waals surface area contributed by atoms with E-state index in [0.717, 1.165) is 35.1 Å². The SMILES string of the molecule is CCCc1cc(=O)oc2cc(OCC(=O)NCc3ccc(OC)cc3)ccc12. The molecule has 1 heterocycles. The fraction of sp³-hybridized carbons (Fsp3) is 0.273. The van der Waals surface area contributed by atoms with Crippen LogP contribution in [0.3, 0.4) is 0 Å².